The maximum atomic E-state index is 11.0. The van der Waals surface area contributed by atoms with Gasteiger partial charge in [0.05, 0.1) is 0 Å². The molecular formula is C21H30O. The van der Waals surface area contributed by atoms with Gasteiger partial charge in [0, 0.05) is 6.42 Å². The summed E-state index contributed by atoms with van der Waals surface area (Å²) in [5.41, 5.74) is 4.85. The lowest BCUT2D eigenvalue weighted by molar-refractivity contribution is -0.109. The molecule has 1 unspecified atom stereocenters. The average Bonchev–Trinajstić information content (AvgIpc) is 2.84. The van der Waals surface area contributed by atoms with Crippen molar-refractivity contribution in [3.8, 4) is 0 Å². The summed E-state index contributed by atoms with van der Waals surface area (Å²) in [4.78, 5) is 11.0. The quantitative estimate of drug-likeness (QED) is 0.604. The van der Waals surface area contributed by atoms with Crippen LogP contribution < -0.4 is 0 Å². The highest BCUT2D eigenvalue weighted by Crippen LogP contribution is 2.58. The molecule has 3 fully saturated rings. The van der Waals surface area contributed by atoms with Gasteiger partial charge in [-0.1, -0.05) is 36.8 Å². The zero-order valence-corrected chi connectivity index (χ0v) is 14.1. The topological polar surface area (TPSA) is 17.1 Å². The Morgan fingerprint density at radius 2 is 1.95 bits per heavy atom. The summed E-state index contributed by atoms with van der Waals surface area (Å²) in [7, 11) is 0. The van der Waals surface area contributed by atoms with E-state index in [0.717, 1.165) is 12.7 Å². The molecule has 1 heteroatoms. The molecule has 3 saturated carbocycles. The standard InChI is InChI=1S/C21H30O/c1-16-6-3-4-7-17(16)9-10-18-8-5-14-21(2)19(13-15-22)11-12-20(18)21/h9-10,15,19-20H,1,3-8,11-14H2,2H3/b17-9-,18-10+/t19-,20+,21?/m1/s1. The van der Waals surface area contributed by atoms with Crippen LogP contribution in [0.25, 0.3) is 0 Å². The SMILES string of the molecule is C=C1CCCC/C1=C/C=C1\CCCC2(C)[C@@H](CC=O)CC[C@@H]12. The van der Waals surface area contributed by atoms with Gasteiger partial charge in [-0.3, -0.25) is 0 Å². The average molecular weight is 298 g/mol. The first-order valence-electron chi connectivity index (χ1n) is 9.16. The van der Waals surface area contributed by atoms with Gasteiger partial charge in [0.15, 0.2) is 0 Å². The number of aldehydes is 1. The van der Waals surface area contributed by atoms with E-state index < -0.39 is 0 Å². The third-order valence-electron chi connectivity index (χ3n) is 6.67. The fourth-order valence-corrected chi connectivity index (χ4v) is 5.25. The fraction of sp³-hybridized carbons (Fsp3) is 0.667. The molecule has 3 rings (SSSR count). The molecule has 0 amide bonds. The maximum absolute atomic E-state index is 11.0. The number of allylic oxidation sites excluding steroid dienone is 5. The molecule has 0 aliphatic heterocycles. The Morgan fingerprint density at radius 1 is 1.14 bits per heavy atom. The number of hydrogen-bond donors (Lipinski definition) is 0. The number of carbonyl (C=O) groups is 1. The van der Waals surface area contributed by atoms with E-state index in [1.165, 1.54) is 68.9 Å². The lowest BCUT2D eigenvalue weighted by Crippen LogP contribution is -2.33. The number of hydrogen-bond acceptors (Lipinski definition) is 1. The predicted molar refractivity (Wildman–Crippen MR) is 92.6 cm³/mol. The summed E-state index contributed by atoms with van der Waals surface area (Å²) in [6, 6.07) is 0. The highest BCUT2D eigenvalue weighted by Gasteiger charge is 2.48. The van der Waals surface area contributed by atoms with Crippen LogP contribution in [0.3, 0.4) is 0 Å². The molecular weight excluding hydrogens is 268 g/mol. The van der Waals surface area contributed by atoms with E-state index in [0.29, 0.717) is 17.3 Å². The van der Waals surface area contributed by atoms with E-state index >= 15 is 0 Å². The summed E-state index contributed by atoms with van der Waals surface area (Å²) in [6.45, 7) is 6.68. The Balaban J connectivity index is 1.79. The molecule has 3 aliphatic carbocycles. The van der Waals surface area contributed by atoms with Gasteiger partial charge in [-0.25, -0.2) is 0 Å². The van der Waals surface area contributed by atoms with Crippen LogP contribution in [0.15, 0.2) is 35.5 Å². The van der Waals surface area contributed by atoms with Crippen molar-refractivity contribution in [1.82, 2.24) is 0 Å². The van der Waals surface area contributed by atoms with E-state index in [1.807, 2.05) is 0 Å². The second-order valence-electron chi connectivity index (χ2n) is 7.83. The lowest BCUT2D eigenvalue weighted by atomic mass is 9.63. The molecule has 0 radical (unpaired) electrons. The van der Waals surface area contributed by atoms with Gasteiger partial charge in [-0.05, 0) is 80.6 Å². The van der Waals surface area contributed by atoms with Crippen molar-refractivity contribution < 1.29 is 4.79 Å². The minimum Gasteiger partial charge on any atom is -0.303 e. The summed E-state index contributed by atoms with van der Waals surface area (Å²) in [5.74, 6) is 1.32. The summed E-state index contributed by atoms with van der Waals surface area (Å²) < 4.78 is 0. The van der Waals surface area contributed by atoms with Crippen LogP contribution in [0.1, 0.15) is 71.1 Å². The molecule has 1 nitrogen and oxygen atoms in total. The van der Waals surface area contributed by atoms with Gasteiger partial charge >= 0.3 is 0 Å². The zero-order chi connectivity index (χ0) is 15.6. The molecule has 3 atom stereocenters. The molecule has 0 saturated heterocycles. The van der Waals surface area contributed by atoms with Crippen LogP contribution in [-0.2, 0) is 4.79 Å². The summed E-state index contributed by atoms with van der Waals surface area (Å²) in [5, 5.41) is 0. The second-order valence-corrected chi connectivity index (χ2v) is 7.83. The molecule has 0 aromatic heterocycles. The number of fused-ring (bicyclic) bond motifs is 1. The van der Waals surface area contributed by atoms with Crippen molar-refractivity contribution in [1.29, 1.82) is 0 Å². The maximum Gasteiger partial charge on any atom is 0.120 e. The molecule has 22 heavy (non-hydrogen) atoms. The minimum atomic E-state index is 0.368. The van der Waals surface area contributed by atoms with E-state index in [-0.39, 0.29) is 0 Å². The van der Waals surface area contributed by atoms with Gasteiger partial charge in [-0.2, -0.15) is 0 Å². The van der Waals surface area contributed by atoms with E-state index in [1.54, 1.807) is 5.57 Å². The minimum absolute atomic E-state index is 0.368. The Bertz CT molecular complexity index is 510. The Hall–Kier alpha value is -1.11. The van der Waals surface area contributed by atoms with Crippen molar-refractivity contribution >= 4 is 6.29 Å². The van der Waals surface area contributed by atoms with Crippen molar-refractivity contribution in [3.63, 3.8) is 0 Å². The van der Waals surface area contributed by atoms with E-state index in [4.69, 9.17) is 0 Å². The summed E-state index contributed by atoms with van der Waals surface area (Å²) in [6.07, 6.45) is 18.1. The molecule has 0 bridgehead atoms. The van der Waals surface area contributed by atoms with Gasteiger partial charge in [0.1, 0.15) is 6.29 Å². The molecule has 120 valence electrons. The first kappa shape index (κ1) is 15.8. The Labute approximate surface area is 135 Å². The van der Waals surface area contributed by atoms with Gasteiger partial charge in [0.25, 0.3) is 0 Å². The first-order chi connectivity index (χ1) is 10.6. The third-order valence-corrected chi connectivity index (χ3v) is 6.67. The van der Waals surface area contributed by atoms with Crippen LogP contribution >= 0.6 is 0 Å². The van der Waals surface area contributed by atoms with Crippen LogP contribution in [0.5, 0.6) is 0 Å². The monoisotopic (exact) mass is 298 g/mol. The number of carbonyl (C=O) groups excluding carboxylic acids is 1. The van der Waals surface area contributed by atoms with Crippen molar-refractivity contribution in [2.45, 2.75) is 71.1 Å². The largest absolute Gasteiger partial charge is 0.303 e. The normalized spacial score (nSPS) is 39.2. The highest BCUT2D eigenvalue weighted by atomic mass is 16.1. The molecule has 0 aromatic rings. The fourth-order valence-electron chi connectivity index (χ4n) is 5.25. The third kappa shape index (κ3) is 2.87. The molecule has 0 aromatic carbocycles. The van der Waals surface area contributed by atoms with Crippen LogP contribution in [0, 0.1) is 17.3 Å². The molecule has 0 N–H and O–H groups in total. The van der Waals surface area contributed by atoms with E-state index in [9.17, 15) is 4.79 Å². The number of rotatable bonds is 3. The first-order valence-corrected chi connectivity index (χ1v) is 9.16. The van der Waals surface area contributed by atoms with Crippen LogP contribution in [0.4, 0.5) is 0 Å². The smallest absolute Gasteiger partial charge is 0.120 e. The van der Waals surface area contributed by atoms with Gasteiger partial charge < -0.3 is 4.79 Å². The molecule has 0 heterocycles. The Kier molecular flexibility index (Phi) is 4.70. The van der Waals surface area contributed by atoms with E-state index in [2.05, 4.69) is 25.7 Å². The van der Waals surface area contributed by atoms with Crippen LogP contribution in [-0.4, -0.2) is 6.29 Å². The van der Waals surface area contributed by atoms with Gasteiger partial charge in [0.2, 0.25) is 0 Å². The lowest BCUT2D eigenvalue weighted by Gasteiger charge is -2.42. The molecule has 0 spiro atoms. The Morgan fingerprint density at radius 3 is 2.73 bits per heavy atom. The second kappa shape index (κ2) is 6.56. The zero-order valence-electron chi connectivity index (χ0n) is 14.1. The van der Waals surface area contributed by atoms with Crippen molar-refractivity contribution in [2.75, 3.05) is 0 Å². The summed E-state index contributed by atoms with van der Waals surface area (Å²) >= 11 is 0. The molecule has 3 aliphatic rings. The van der Waals surface area contributed by atoms with Crippen molar-refractivity contribution in [2.24, 2.45) is 17.3 Å². The van der Waals surface area contributed by atoms with Gasteiger partial charge in [-0.15, -0.1) is 0 Å². The van der Waals surface area contributed by atoms with Crippen LogP contribution in [0.2, 0.25) is 0 Å². The highest BCUT2D eigenvalue weighted by molar-refractivity contribution is 5.50. The van der Waals surface area contributed by atoms with Crippen molar-refractivity contribution in [3.05, 3.63) is 35.5 Å². The predicted octanol–water partition coefficient (Wildman–Crippen LogP) is 5.77.